The van der Waals surface area contributed by atoms with Gasteiger partial charge >= 0.3 is 23.7 Å². The average molecular weight is 682 g/mol. The Morgan fingerprint density at radius 2 is 1.69 bits per heavy atom. The minimum atomic E-state index is -1.32. The molecule has 0 aliphatic heterocycles. The van der Waals surface area contributed by atoms with Crippen LogP contribution >= 0.6 is 11.3 Å². The second-order valence-corrected chi connectivity index (χ2v) is 13.2. The van der Waals surface area contributed by atoms with Gasteiger partial charge in [0.2, 0.25) is 0 Å². The van der Waals surface area contributed by atoms with Gasteiger partial charge in [0.05, 0.1) is 24.9 Å². The van der Waals surface area contributed by atoms with E-state index in [9.17, 15) is 34.2 Å². The Morgan fingerprint density at radius 1 is 1.04 bits per heavy atom. The molecule has 4 N–H and O–H groups in total. The van der Waals surface area contributed by atoms with Crippen LogP contribution in [0.2, 0.25) is 0 Å². The number of H-pyrrole nitrogens is 1. The molecule has 2 heterocycles. The van der Waals surface area contributed by atoms with Gasteiger partial charge in [-0.1, -0.05) is 30.3 Å². The SMILES string of the molecule is COC(=O)C(COC(=O)Cc1sc(C(C)(C)c2c(O)cc(-n3ncc(=O)[nH]c3=O)cc2O)nc1-c1ccccc1)NC(=O)OC(C)(C)C. The van der Waals surface area contributed by atoms with E-state index < -0.39 is 52.9 Å². The number of thiazole rings is 1. The standard InChI is InChI=1S/C32H35N5O10S/c1-31(2,3)47-30(44)34-19(27(42)45-6)16-46-24(41)14-22-26(17-10-8-7-9-11-17)36-28(48-22)32(4,5)25-20(38)12-18(13-21(25)39)37-29(43)35-23(40)15-33-37/h7-13,15,19,38-39H,14,16H2,1-6H3,(H,34,44)(H,35,40,43). The number of hydrogen-bond acceptors (Lipinski definition) is 13. The number of benzene rings is 2. The number of alkyl carbamates (subject to hydrolysis) is 1. The van der Waals surface area contributed by atoms with Gasteiger partial charge in [0, 0.05) is 33.6 Å². The summed E-state index contributed by atoms with van der Waals surface area (Å²) in [5.41, 5.74) is -2.31. The molecule has 1 amide bonds. The molecule has 16 heteroatoms. The molecule has 4 rings (SSSR count). The zero-order chi connectivity index (χ0) is 35.4. The van der Waals surface area contributed by atoms with Gasteiger partial charge in [-0.3, -0.25) is 14.6 Å². The highest BCUT2D eigenvalue weighted by Gasteiger charge is 2.35. The van der Waals surface area contributed by atoms with Crippen molar-refractivity contribution in [3.05, 3.63) is 84.9 Å². The number of nitrogens with one attached hydrogen (secondary N) is 2. The van der Waals surface area contributed by atoms with Crippen molar-refractivity contribution in [1.29, 1.82) is 0 Å². The van der Waals surface area contributed by atoms with Crippen LogP contribution in [0, 0.1) is 0 Å². The summed E-state index contributed by atoms with van der Waals surface area (Å²) in [7, 11) is 1.13. The number of phenols is 2. The maximum atomic E-state index is 13.1. The van der Waals surface area contributed by atoms with E-state index in [1.165, 1.54) is 12.1 Å². The number of phenolic OH excluding ortho intramolecular Hbond substituents is 2. The first-order valence-corrected chi connectivity index (χ1v) is 15.4. The van der Waals surface area contributed by atoms with Crippen molar-refractivity contribution in [2.24, 2.45) is 0 Å². The summed E-state index contributed by atoms with van der Waals surface area (Å²) in [5.74, 6) is -2.32. The van der Waals surface area contributed by atoms with Gasteiger partial charge in [0.15, 0.2) is 6.04 Å². The first-order chi connectivity index (χ1) is 22.5. The van der Waals surface area contributed by atoms with Gasteiger partial charge in [-0.25, -0.2) is 19.4 Å². The maximum Gasteiger partial charge on any atom is 0.408 e. The molecule has 48 heavy (non-hydrogen) atoms. The third-order valence-corrected chi connectivity index (χ3v) is 8.21. The molecule has 0 saturated heterocycles. The third-order valence-electron chi connectivity index (χ3n) is 6.84. The number of carbonyl (C=O) groups excluding carboxylic acids is 3. The van der Waals surface area contributed by atoms with Gasteiger partial charge in [-0.2, -0.15) is 9.78 Å². The van der Waals surface area contributed by atoms with Crippen LogP contribution in [0.1, 0.15) is 50.1 Å². The highest BCUT2D eigenvalue weighted by atomic mass is 32.1. The Morgan fingerprint density at radius 3 is 2.27 bits per heavy atom. The van der Waals surface area contributed by atoms with Crippen LogP contribution in [0.5, 0.6) is 11.5 Å². The molecule has 0 aliphatic carbocycles. The molecule has 0 radical (unpaired) electrons. The summed E-state index contributed by atoms with van der Waals surface area (Å²) < 4.78 is 16.1. The number of esters is 2. The van der Waals surface area contributed by atoms with Crippen molar-refractivity contribution in [2.75, 3.05) is 13.7 Å². The topological polar surface area (TPSA) is 212 Å². The predicted molar refractivity (Wildman–Crippen MR) is 173 cm³/mol. The molecule has 0 aliphatic rings. The van der Waals surface area contributed by atoms with Crippen LogP contribution in [0.15, 0.2) is 58.3 Å². The van der Waals surface area contributed by atoms with Crippen LogP contribution in [-0.4, -0.2) is 73.4 Å². The van der Waals surface area contributed by atoms with E-state index in [1.54, 1.807) is 58.9 Å². The molecule has 254 valence electrons. The maximum absolute atomic E-state index is 13.1. The first-order valence-electron chi connectivity index (χ1n) is 14.5. The molecule has 2 aromatic heterocycles. The summed E-state index contributed by atoms with van der Waals surface area (Å²) in [6, 6.07) is 10.1. The van der Waals surface area contributed by atoms with Gasteiger partial charge < -0.3 is 29.7 Å². The average Bonchev–Trinajstić information content (AvgIpc) is 3.42. The van der Waals surface area contributed by atoms with Gasteiger partial charge in [-0.15, -0.1) is 11.3 Å². The summed E-state index contributed by atoms with van der Waals surface area (Å²) in [4.78, 5) is 68.7. The van der Waals surface area contributed by atoms with Crippen LogP contribution in [-0.2, 0) is 35.6 Å². The van der Waals surface area contributed by atoms with E-state index in [1.807, 2.05) is 6.07 Å². The number of aromatic amines is 1. The summed E-state index contributed by atoms with van der Waals surface area (Å²) in [6.07, 6.45) is -0.278. The van der Waals surface area contributed by atoms with Gasteiger partial charge in [0.1, 0.15) is 34.9 Å². The number of rotatable bonds is 10. The number of aromatic nitrogens is 4. The van der Waals surface area contributed by atoms with E-state index in [0.717, 1.165) is 29.3 Å². The number of methoxy groups -OCH3 is 1. The van der Waals surface area contributed by atoms with Gasteiger partial charge in [0.25, 0.3) is 5.56 Å². The fourth-order valence-electron chi connectivity index (χ4n) is 4.68. The lowest BCUT2D eigenvalue weighted by Gasteiger charge is -2.25. The van der Waals surface area contributed by atoms with Crippen molar-refractivity contribution >= 4 is 29.4 Å². The van der Waals surface area contributed by atoms with Gasteiger partial charge in [-0.05, 0) is 34.6 Å². The van der Waals surface area contributed by atoms with Crippen molar-refractivity contribution < 1.29 is 38.8 Å². The van der Waals surface area contributed by atoms with Crippen molar-refractivity contribution in [3.8, 4) is 28.4 Å². The fourth-order valence-corrected chi connectivity index (χ4v) is 5.86. The minimum absolute atomic E-state index is 0.00441. The highest BCUT2D eigenvalue weighted by molar-refractivity contribution is 7.12. The Bertz CT molecular complexity index is 1920. The summed E-state index contributed by atoms with van der Waals surface area (Å²) >= 11 is 1.15. The normalized spacial score (nSPS) is 12.2. The number of nitrogens with zero attached hydrogens (tertiary/aromatic N) is 3. The molecule has 0 spiro atoms. The molecular weight excluding hydrogens is 646 g/mol. The Kier molecular flexibility index (Phi) is 10.4. The van der Waals surface area contributed by atoms with Crippen LogP contribution in [0.3, 0.4) is 0 Å². The summed E-state index contributed by atoms with van der Waals surface area (Å²) in [5, 5.41) is 28.7. The minimum Gasteiger partial charge on any atom is -0.507 e. The number of hydrogen-bond donors (Lipinski definition) is 4. The van der Waals surface area contributed by atoms with Crippen LogP contribution < -0.4 is 16.6 Å². The third kappa shape index (κ3) is 8.25. The lowest BCUT2D eigenvalue weighted by atomic mass is 9.83. The lowest BCUT2D eigenvalue weighted by molar-refractivity contribution is -0.150. The highest BCUT2D eigenvalue weighted by Crippen LogP contribution is 2.46. The lowest BCUT2D eigenvalue weighted by Crippen LogP contribution is -2.47. The van der Waals surface area contributed by atoms with E-state index in [0.29, 0.717) is 21.1 Å². The van der Waals surface area contributed by atoms with Crippen molar-refractivity contribution in [1.82, 2.24) is 25.1 Å². The molecular formula is C32H35N5O10S. The number of aromatic hydroxyl groups is 2. The zero-order valence-corrected chi connectivity index (χ0v) is 27.8. The number of ether oxygens (including phenoxy) is 3. The second kappa shape index (κ2) is 14.1. The molecule has 4 aromatic rings. The monoisotopic (exact) mass is 681 g/mol. The zero-order valence-electron chi connectivity index (χ0n) is 27.0. The number of amides is 1. The van der Waals surface area contributed by atoms with Crippen LogP contribution in [0.4, 0.5) is 4.79 Å². The first kappa shape index (κ1) is 35.3. The predicted octanol–water partition coefficient (Wildman–Crippen LogP) is 2.93. The number of carbonyl (C=O) groups is 3. The Balaban J connectivity index is 1.64. The van der Waals surface area contributed by atoms with E-state index >= 15 is 0 Å². The quantitative estimate of drug-likeness (QED) is 0.141. The molecule has 0 bridgehead atoms. The second-order valence-electron chi connectivity index (χ2n) is 12.1. The van der Waals surface area contributed by atoms with E-state index in [4.69, 9.17) is 19.2 Å². The molecule has 0 fully saturated rings. The molecule has 1 unspecified atom stereocenters. The smallest absolute Gasteiger partial charge is 0.408 e. The molecule has 1 atom stereocenters. The van der Waals surface area contributed by atoms with Crippen molar-refractivity contribution in [3.63, 3.8) is 0 Å². The summed E-state index contributed by atoms with van der Waals surface area (Å²) in [6.45, 7) is 7.86. The van der Waals surface area contributed by atoms with E-state index in [-0.39, 0.29) is 29.2 Å². The molecule has 15 nitrogen and oxygen atoms in total. The Hall–Kier alpha value is -5.51. The van der Waals surface area contributed by atoms with Crippen molar-refractivity contribution in [2.45, 2.75) is 58.1 Å². The fraction of sp³-hybridized carbons (Fsp3) is 0.344. The van der Waals surface area contributed by atoms with Crippen LogP contribution in [0.25, 0.3) is 16.9 Å². The molecule has 2 aromatic carbocycles. The largest absolute Gasteiger partial charge is 0.507 e. The van der Waals surface area contributed by atoms with E-state index in [2.05, 4.69) is 15.4 Å². The molecule has 0 saturated carbocycles. The Labute approximate surface area is 278 Å².